The average molecular weight is 515 g/mol. The third-order valence-corrected chi connectivity index (χ3v) is 6.24. The van der Waals surface area contributed by atoms with Crippen molar-refractivity contribution in [1.82, 2.24) is 10.6 Å². The van der Waals surface area contributed by atoms with Crippen LogP contribution in [-0.2, 0) is 10.0 Å². The number of nitro groups is 1. The van der Waals surface area contributed by atoms with E-state index in [0.29, 0.717) is 11.3 Å². The average Bonchev–Trinajstić information content (AvgIpc) is 2.86. The summed E-state index contributed by atoms with van der Waals surface area (Å²) >= 11 is 0. The fourth-order valence-electron chi connectivity index (χ4n) is 3.08. The first kappa shape index (κ1) is 26.0. The summed E-state index contributed by atoms with van der Waals surface area (Å²) in [7, 11) is -2.70. The lowest BCUT2D eigenvalue weighted by Crippen LogP contribution is -2.34. The monoisotopic (exact) mass is 514 g/mol. The Morgan fingerprint density at radius 3 is 2.33 bits per heavy atom. The maximum atomic E-state index is 12.5. The number of amides is 2. The Balaban J connectivity index is 1.57. The third-order valence-electron chi connectivity index (χ3n) is 4.86. The SMILES string of the molecule is COc1cccc(C(=O)NCCNC(=O)c2ccc(NS(=O)(=O)c3cccc([N+](=O)[O-])c3)cc2O)c1. The normalized spacial score (nSPS) is 10.8. The number of aromatic hydroxyl groups is 1. The van der Waals surface area contributed by atoms with Crippen molar-refractivity contribution in [3.63, 3.8) is 0 Å². The molecule has 0 heterocycles. The van der Waals surface area contributed by atoms with E-state index < -0.39 is 32.3 Å². The third kappa shape index (κ3) is 6.48. The summed E-state index contributed by atoms with van der Waals surface area (Å²) in [6.45, 7) is 0.179. The summed E-state index contributed by atoms with van der Waals surface area (Å²) < 4.78 is 32.3. The summed E-state index contributed by atoms with van der Waals surface area (Å²) in [5, 5.41) is 26.3. The van der Waals surface area contributed by atoms with Crippen LogP contribution >= 0.6 is 0 Å². The van der Waals surface area contributed by atoms with E-state index in [-0.39, 0.29) is 35.1 Å². The van der Waals surface area contributed by atoms with Crippen molar-refractivity contribution in [3.05, 3.63) is 88.0 Å². The van der Waals surface area contributed by atoms with Gasteiger partial charge in [0.1, 0.15) is 11.5 Å². The van der Waals surface area contributed by atoms with Crippen molar-refractivity contribution < 1.29 is 32.8 Å². The van der Waals surface area contributed by atoms with Crippen LogP contribution in [0.25, 0.3) is 0 Å². The van der Waals surface area contributed by atoms with E-state index in [1.165, 1.54) is 31.4 Å². The molecule has 0 aliphatic heterocycles. The number of phenolic OH excluding ortho intramolecular Hbond substituents is 1. The number of sulfonamides is 1. The van der Waals surface area contributed by atoms with Crippen LogP contribution in [-0.4, -0.2) is 50.5 Å². The number of rotatable bonds is 10. The zero-order valence-electron chi connectivity index (χ0n) is 18.9. The highest BCUT2D eigenvalue weighted by Gasteiger charge is 2.19. The van der Waals surface area contributed by atoms with Gasteiger partial charge in [0.2, 0.25) is 0 Å². The van der Waals surface area contributed by atoms with Crippen LogP contribution in [0.3, 0.4) is 0 Å². The second-order valence-electron chi connectivity index (χ2n) is 7.34. The smallest absolute Gasteiger partial charge is 0.270 e. The largest absolute Gasteiger partial charge is 0.507 e. The van der Waals surface area contributed by atoms with Crippen molar-refractivity contribution in [2.24, 2.45) is 0 Å². The van der Waals surface area contributed by atoms with Gasteiger partial charge >= 0.3 is 0 Å². The molecule has 0 unspecified atom stereocenters. The van der Waals surface area contributed by atoms with Crippen molar-refractivity contribution in [2.45, 2.75) is 4.90 Å². The first-order valence-corrected chi connectivity index (χ1v) is 11.9. The van der Waals surface area contributed by atoms with Crippen LogP contribution in [0.5, 0.6) is 11.5 Å². The highest BCUT2D eigenvalue weighted by Crippen LogP contribution is 2.25. The first-order chi connectivity index (χ1) is 17.1. The molecule has 0 aromatic heterocycles. The van der Waals surface area contributed by atoms with E-state index in [4.69, 9.17) is 4.74 Å². The van der Waals surface area contributed by atoms with Crippen LogP contribution in [0.1, 0.15) is 20.7 Å². The molecule has 13 heteroatoms. The number of nitrogens with zero attached hydrogens (tertiary/aromatic N) is 1. The standard InChI is InChI=1S/C23H22N4O8S/c1-35-18-6-2-4-15(12-18)22(29)24-10-11-25-23(30)20-9-8-16(13-21(20)28)26-36(33,34)19-7-3-5-17(14-19)27(31)32/h2-9,12-14,26,28H,10-11H2,1H3,(H,24,29)(H,25,30). The quantitative estimate of drug-likeness (QED) is 0.181. The van der Waals surface area contributed by atoms with Gasteiger partial charge in [-0.1, -0.05) is 12.1 Å². The molecular weight excluding hydrogens is 492 g/mol. The molecule has 0 radical (unpaired) electrons. The molecular formula is C23H22N4O8S. The minimum absolute atomic E-state index is 0.0545. The van der Waals surface area contributed by atoms with E-state index in [1.807, 2.05) is 0 Å². The summed E-state index contributed by atoms with van der Waals surface area (Å²) in [6, 6.07) is 14.5. The summed E-state index contributed by atoms with van der Waals surface area (Å²) in [5.41, 5.74) is -0.178. The fraction of sp³-hybridized carbons (Fsp3) is 0.130. The molecule has 0 saturated heterocycles. The molecule has 188 valence electrons. The summed E-state index contributed by atoms with van der Waals surface area (Å²) in [6.07, 6.45) is 0. The molecule has 0 bridgehead atoms. The lowest BCUT2D eigenvalue weighted by molar-refractivity contribution is -0.385. The van der Waals surface area contributed by atoms with E-state index in [9.17, 15) is 33.2 Å². The molecule has 0 spiro atoms. The predicted molar refractivity (Wildman–Crippen MR) is 130 cm³/mol. The van der Waals surface area contributed by atoms with Gasteiger partial charge in [-0.25, -0.2) is 8.42 Å². The number of non-ortho nitro benzene ring substituents is 1. The van der Waals surface area contributed by atoms with Crippen LogP contribution < -0.4 is 20.1 Å². The lowest BCUT2D eigenvalue weighted by Gasteiger charge is -2.11. The van der Waals surface area contributed by atoms with E-state index >= 15 is 0 Å². The Bertz CT molecular complexity index is 1410. The Labute approximate surface area is 206 Å². The van der Waals surface area contributed by atoms with Gasteiger partial charge in [0, 0.05) is 36.9 Å². The van der Waals surface area contributed by atoms with Gasteiger partial charge < -0.3 is 20.5 Å². The topological polar surface area (TPSA) is 177 Å². The number of anilines is 1. The number of nitro benzene ring substituents is 1. The van der Waals surface area contributed by atoms with Gasteiger partial charge in [-0.3, -0.25) is 24.4 Å². The number of methoxy groups -OCH3 is 1. The molecule has 12 nitrogen and oxygen atoms in total. The van der Waals surface area contributed by atoms with Crippen molar-refractivity contribution in [1.29, 1.82) is 0 Å². The van der Waals surface area contributed by atoms with E-state index in [2.05, 4.69) is 15.4 Å². The van der Waals surface area contributed by atoms with Crippen LogP contribution in [0.2, 0.25) is 0 Å². The molecule has 0 fully saturated rings. The number of nitrogens with one attached hydrogen (secondary N) is 3. The van der Waals surface area contributed by atoms with Crippen molar-refractivity contribution in [2.75, 3.05) is 24.9 Å². The maximum Gasteiger partial charge on any atom is 0.270 e. The number of hydrogen-bond donors (Lipinski definition) is 4. The second kappa shape index (κ2) is 11.2. The molecule has 3 aromatic carbocycles. The minimum atomic E-state index is -4.19. The van der Waals surface area contributed by atoms with Gasteiger partial charge in [0.15, 0.2) is 0 Å². The number of ether oxygens (including phenoxy) is 1. The Morgan fingerprint density at radius 2 is 1.67 bits per heavy atom. The first-order valence-electron chi connectivity index (χ1n) is 10.4. The number of benzene rings is 3. The maximum absolute atomic E-state index is 12.5. The fourth-order valence-corrected chi connectivity index (χ4v) is 4.17. The molecule has 0 atom stereocenters. The molecule has 4 N–H and O–H groups in total. The summed E-state index contributed by atoms with van der Waals surface area (Å²) in [5.74, 6) is -0.961. The number of phenols is 1. The van der Waals surface area contributed by atoms with E-state index in [0.717, 1.165) is 18.2 Å². The van der Waals surface area contributed by atoms with Gasteiger partial charge in [-0.05, 0) is 36.4 Å². The molecule has 3 rings (SSSR count). The number of carbonyl (C=O) groups excluding carboxylic acids is 2. The second-order valence-corrected chi connectivity index (χ2v) is 9.02. The van der Waals surface area contributed by atoms with Gasteiger partial charge in [0.25, 0.3) is 27.5 Å². The Morgan fingerprint density at radius 1 is 0.972 bits per heavy atom. The highest BCUT2D eigenvalue weighted by molar-refractivity contribution is 7.92. The molecule has 3 aromatic rings. The summed E-state index contributed by atoms with van der Waals surface area (Å²) in [4.78, 5) is 34.4. The Kier molecular flexibility index (Phi) is 8.07. The molecule has 2 amide bonds. The van der Waals surface area contributed by atoms with Crippen molar-refractivity contribution in [3.8, 4) is 11.5 Å². The number of carbonyl (C=O) groups is 2. The van der Waals surface area contributed by atoms with E-state index in [1.54, 1.807) is 24.3 Å². The zero-order valence-corrected chi connectivity index (χ0v) is 19.7. The lowest BCUT2D eigenvalue weighted by atomic mass is 10.1. The predicted octanol–water partition coefficient (Wildman–Crippen LogP) is 2.27. The molecule has 0 aliphatic carbocycles. The van der Waals surface area contributed by atoms with Gasteiger partial charge in [-0.2, -0.15) is 0 Å². The van der Waals surface area contributed by atoms with Crippen LogP contribution in [0.15, 0.2) is 71.6 Å². The van der Waals surface area contributed by atoms with Crippen LogP contribution in [0.4, 0.5) is 11.4 Å². The van der Waals surface area contributed by atoms with Crippen molar-refractivity contribution >= 4 is 33.2 Å². The van der Waals surface area contributed by atoms with Gasteiger partial charge in [0.05, 0.1) is 28.2 Å². The minimum Gasteiger partial charge on any atom is -0.507 e. The molecule has 0 saturated carbocycles. The number of hydrogen-bond acceptors (Lipinski definition) is 8. The van der Waals surface area contributed by atoms with Crippen LogP contribution in [0, 0.1) is 10.1 Å². The molecule has 0 aliphatic rings. The Hall–Kier alpha value is -4.65. The highest BCUT2D eigenvalue weighted by atomic mass is 32.2. The molecule has 36 heavy (non-hydrogen) atoms. The van der Waals surface area contributed by atoms with Gasteiger partial charge in [-0.15, -0.1) is 0 Å². The zero-order chi connectivity index (χ0) is 26.3.